The monoisotopic (exact) mass is 281 g/mol. The zero-order chi connectivity index (χ0) is 14.9. The van der Waals surface area contributed by atoms with Crippen molar-refractivity contribution >= 4 is 18.2 Å². The predicted octanol–water partition coefficient (Wildman–Crippen LogP) is 2.22. The number of ether oxygens (including phenoxy) is 1. The highest BCUT2D eigenvalue weighted by atomic mass is 19.1. The molecule has 0 atom stereocenters. The summed E-state index contributed by atoms with van der Waals surface area (Å²) < 4.78 is 59.1. The number of hydrogen-bond acceptors (Lipinski definition) is 1. The van der Waals surface area contributed by atoms with Crippen molar-refractivity contribution in [1.82, 2.24) is 0 Å². The zero-order valence-corrected chi connectivity index (χ0v) is 10.8. The maximum absolute atomic E-state index is 13.9. The molecule has 0 aliphatic heterocycles. The summed E-state index contributed by atoms with van der Waals surface area (Å²) >= 11 is 0. The summed E-state index contributed by atoms with van der Waals surface area (Å²) in [5, 5.41) is 0. The molecule has 20 heavy (non-hydrogen) atoms. The summed E-state index contributed by atoms with van der Waals surface area (Å²) in [6.45, 7) is 1.47. The molecule has 0 aromatic heterocycles. The number of rotatable bonds is 3. The van der Waals surface area contributed by atoms with Gasteiger partial charge in [-0.3, -0.25) is 0 Å². The minimum absolute atomic E-state index is 0.0756. The van der Waals surface area contributed by atoms with E-state index in [-0.39, 0.29) is 22.2 Å². The lowest BCUT2D eigenvalue weighted by Crippen LogP contribution is -2.34. The van der Waals surface area contributed by atoms with Crippen LogP contribution >= 0.6 is 0 Å². The van der Waals surface area contributed by atoms with Crippen molar-refractivity contribution in [1.29, 1.82) is 0 Å². The van der Waals surface area contributed by atoms with E-state index in [9.17, 15) is 17.6 Å². The molecule has 2 aromatic carbocycles. The van der Waals surface area contributed by atoms with E-state index in [2.05, 4.69) is 0 Å². The van der Waals surface area contributed by atoms with Gasteiger partial charge in [0, 0.05) is 6.07 Å². The predicted molar refractivity (Wildman–Crippen MR) is 69.0 cm³/mol. The summed E-state index contributed by atoms with van der Waals surface area (Å²) in [5.74, 6) is -3.67. The van der Waals surface area contributed by atoms with E-state index < -0.39 is 23.3 Å². The molecular weight excluding hydrogens is 271 g/mol. The van der Waals surface area contributed by atoms with Crippen molar-refractivity contribution in [2.45, 2.75) is 6.92 Å². The first kappa shape index (κ1) is 14.4. The van der Waals surface area contributed by atoms with Crippen LogP contribution in [0.3, 0.4) is 0 Å². The average molecular weight is 281 g/mol. The summed E-state index contributed by atoms with van der Waals surface area (Å²) in [4.78, 5) is 0. The average Bonchev–Trinajstić information content (AvgIpc) is 2.39. The minimum atomic E-state index is -0.938. The summed E-state index contributed by atoms with van der Waals surface area (Å²) in [6.07, 6.45) is 0. The first-order valence-electron chi connectivity index (χ1n) is 5.76. The van der Waals surface area contributed by atoms with Gasteiger partial charge in [-0.05, 0) is 35.5 Å². The Morgan fingerprint density at radius 3 is 2.35 bits per heavy atom. The van der Waals surface area contributed by atoms with Crippen LogP contribution in [0.15, 0.2) is 24.3 Å². The van der Waals surface area contributed by atoms with Gasteiger partial charge in [-0.15, -0.1) is 0 Å². The molecule has 1 nitrogen and oxygen atoms in total. The topological polar surface area (TPSA) is 9.23 Å². The lowest BCUT2D eigenvalue weighted by atomic mass is 9.62. The molecule has 0 aliphatic rings. The molecule has 2 rings (SSSR count). The van der Waals surface area contributed by atoms with Gasteiger partial charge in [-0.25, -0.2) is 17.6 Å². The number of hydrogen-bond donors (Lipinski definition) is 0. The molecule has 1 radical (unpaired) electrons. The van der Waals surface area contributed by atoms with Gasteiger partial charge in [0.2, 0.25) is 7.28 Å². The Morgan fingerprint density at radius 1 is 1.00 bits per heavy atom. The number of benzene rings is 2. The first-order valence-corrected chi connectivity index (χ1v) is 5.76. The minimum Gasteiger partial charge on any atom is -0.494 e. The van der Waals surface area contributed by atoms with Crippen molar-refractivity contribution in [3.05, 3.63) is 53.1 Å². The van der Waals surface area contributed by atoms with Crippen LogP contribution in [0.5, 0.6) is 5.75 Å². The van der Waals surface area contributed by atoms with Gasteiger partial charge in [0.1, 0.15) is 23.2 Å². The van der Waals surface area contributed by atoms with Crippen LogP contribution in [0.25, 0.3) is 0 Å². The highest BCUT2D eigenvalue weighted by Gasteiger charge is 2.18. The molecule has 0 unspecified atom stereocenters. The summed E-state index contributed by atoms with van der Waals surface area (Å²) in [7, 11) is 2.21. The molecule has 0 saturated heterocycles. The second-order valence-electron chi connectivity index (χ2n) is 4.25. The fraction of sp³-hybridized carbons (Fsp3) is 0.143. The van der Waals surface area contributed by atoms with Crippen molar-refractivity contribution in [3.63, 3.8) is 0 Å². The van der Waals surface area contributed by atoms with E-state index in [1.165, 1.54) is 20.1 Å². The summed E-state index contributed by atoms with van der Waals surface area (Å²) in [6, 6.07) is 3.96. The second kappa shape index (κ2) is 5.57. The number of aryl methyl sites for hydroxylation is 1. The normalized spacial score (nSPS) is 10.5. The Bertz CT molecular complexity index is 658. The van der Waals surface area contributed by atoms with E-state index in [4.69, 9.17) is 4.74 Å². The SMILES string of the molecule is COc1c(F)cc(F)cc1[B]c1c(F)ccc(C)c1F. The fourth-order valence-electron chi connectivity index (χ4n) is 1.87. The van der Waals surface area contributed by atoms with Gasteiger partial charge in [-0.2, -0.15) is 0 Å². The van der Waals surface area contributed by atoms with Crippen LogP contribution in [-0.2, 0) is 0 Å². The van der Waals surface area contributed by atoms with Crippen LogP contribution in [0.1, 0.15) is 5.56 Å². The van der Waals surface area contributed by atoms with Gasteiger partial charge >= 0.3 is 0 Å². The van der Waals surface area contributed by atoms with Crippen LogP contribution in [0, 0.1) is 30.2 Å². The van der Waals surface area contributed by atoms with E-state index >= 15 is 0 Å². The van der Waals surface area contributed by atoms with Crippen molar-refractivity contribution in [2.24, 2.45) is 0 Å². The molecule has 103 valence electrons. The molecule has 0 fully saturated rings. The lowest BCUT2D eigenvalue weighted by Gasteiger charge is -2.11. The Morgan fingerprint density at radius 2 is 1.70 bits per heavy atom. The van der Waals surface area contributed by atoms with Crippen molar-refractivity contribution < 1.29 is 22.3 Å². The number of methoxy groups -OCH3 is 1. The molecule has 0 spiro atoms. The molecule has 0 heterocycles. The van der Waals surface area contributed by atoms with Crippen molar-refractivity contribution in [2.75, 3.05) is 7.11 Å². The standard InChI is InChI=1S/C14H10BF4O/c1-7-3-4-10(17)12(13(7)19)15-9-5-8(16)6-11(18)14(9)20-2/h3-6H,1-2H3. The van der Waals surface area contributed by atoms with Gasteiger partial charge < -0.3 is 4.74 Å². The smallest absolute Gasteiger partial charge is 0.204 e. The molecular formula is C14H10BF4O. The Balaban J connectivity index is 2.53. The van der Waals surface area contributed by atoms with Gasteiger partial charge in [0.25, 0.3) is 0 Å². The second-order valence-corrected chi connectivity index (χ2v) is 4.25. The van der Waals surface area contributed by atoms with E-state index in [1.54, 1.807) is 0 Å². The Kier molecular flexibility index (Phi) is 4.02. The maximum Gasteiger partial charge on any atom is 0.204 e. The van der Waals surface area contributed by atoms with Crippen molar-refractivity contribution in [3.8, 4) is 5.75 Å². The van der Waals surface area contributed by atoms with Crippen LogP contribution in [0.4, 0.5) is 17.6 Å². The Labute approximate surface area is 114 Å². The molecule has 0 saturated carbocycles. The molecule has 6 heteroatoms. The highest BCUT2D eigenvalue weighted by Crippen LogP contribution is 2.15. The zero-order valence-electron chi connectivity index (χ0n) is 10.8. The van der Waals surface area contributed by atoms with E-state index in [0.717, 1.165) is 19.4 Å². The largest absolute Gasteiger partial charge is 0.494 e. The third kappa shape index (κ3) is 2.64. The fourth-order valence-corrected chi connectivity index (χ4v) is 1.87. The van der Waals surface area contributed by atoms with Crippen LogP contribution in [0.2, 0.25) is 0 Å². The maximum atomic E-state index is 13.9. The lowest BCUT2D eigenvalue weighted by molar-refractivity contribution is 0.388. The third-order valence-electron chi connectivity index (χ3n) is 2.86. The molecule has 0 N–H and O–H groups in total. The van der Waals surface area contributed by atoms with Crippen LogP contribution in [-0.4, -0.2) is 14.4 Å². The van der Waals surface area contributed by atoms with E-state index in [0.29, 0.717) is 6.07 Å². The van der Waals surface area contributed by atoms with Gasteiger partial charge in [0.15, 0.2) is 5.82 Å². The van der Waals surface area contributed by atoms with Crippen LogP contribution < -0.4 is 15.7 Å². The molecule has 0 aliphatic carbocycles. The van der Waals surface area contributed by atoms with Gasteiger partial charge in [0.05, 0.1) is 7.11 Å². The molecule has 0 amide bonds. The van der Waals surface area contributed by atoms with Gasteiger partial charge in [-0.1, -0.05) is 6.07 Å². The Hall–Kier alpha value is -1.98. The molecule has 2 aromatic rings. The highest BCUT2D eigenvalue weighted by molar-refractivity contribution is 6.68. The quantitative estimate of drug-likeness (QED) is 0.619. The summed E-state index contributed by atoms with van der Waals surface area (Å²) in [5.41, 5.74) is -0.213. The third-order valence-corrected chi connectivity index (χ3v) is 2.86. The first-order chi connectivity index (χ1) is 9.43. The number of halogens is 4. The molecule has 0 bridgehead atoms. The van der Waals surface area contributed by atoms with E-state index in [1.807, 2.05) is 0 Å².